The van der Waals surface area contributed by atoms with Gasteiger partial charge < -0.3 is 33.2 Å². The van der Waals surface area contributed by atoms with Gasteiger partial charge in [-0.15, -0.1) is 0 Å². The number of nitrogens with one attached hydrogen (secondary N) is 4. The summed E-state index contributed by atoms with van der Waals surface area (Å²) in [5.74, 6) is -1.68. The number of rotatable bonds is 12. The molecule has 0 aromatic rings. The quantitative estimate of drug-likeness (QED) is 0.124. The predicted molar refractivity (Wildman–Crippen MR) is 104 cm³/mol. The molecule has 156 valence electrons. The molecule has 0 fully saturated rings. The number of carbonyl (C=O) groups excluding carboxylic acids is 3. The fourth-order valence-electron chi connectivity index (χ4n) is 2.49. The Labute approximate surface area is 160 Å². The highest BCUT2D eigenvalue weighted by Crippen LogP contribution is 2.07. The van der Waals surface area contributed by atoms with E-state index in [9.17, 15) is 14.4 Å². The molecule has 3 amide bonds. The molecule has 0 aromatic heterocycles. The van der Waals surface area contributed by atoms with Crippen LogP contribution in [-0.2, 0) is 14.4 Å². The van der Waals surface area contributed by atoms with Crippen molar-refractivity contribution in [2.24, 2.45) is 29.0 Å². The van der Waals surface area contributed by atoms with E-state index in [0.29, 0.717) is 19.4 Å². The van der Waals surface area contributed by atoms with Gasteiger partial charge in [0, 0.05) is 6.54 Å². The summed E-state index contributed by atoms with van der Waals surface area (Å²) in [6.07, 6.45) is 1.27. The van der Waals surface area contributed by atoms with E-state index in [0.717, 1.165) is 0 Å². The van der Waals surface area contributed by atoms with E-state index in [1.807, 2.05) is 13.8 Å². The second-order valence-corrected chi connectivity index (χ2v) is 7.41. The van der Waals surface area contributed by atoms with Gasteiger partial charge in [-0.1, -0.05) is 27.7 Å². The standard InChI is InChI=1S/C17H35N7O3/c1-9(2)8-11(18)15(26)24-13(10(3)4)16(27)23-12(14(19)25)6-5-7-22-17(20)21/h9-13H,5-8,18H2,1-4H3,(H2,19,25)(H,23,27)(H,24,26)(H4,20,21,22)/t11-,12-,13-/m0/s1. The fourth-order valence-corrected chi connectivity index (χ4v) is 2.49. The molecule has 0 unspecified atom stereocenters. The smallest absolute Gasteiger partial charge is 0.243 e. The summed E-state index contributed by atoms with van der Waals surface area (Å²) in [4.78, 5) is 36.4. The molecule has 0 heterocycles. The van der Waals surface area contributed by atoms with Crippen LogP contribution < -0.4 is 33.2 Å². The maximum absolute atomic E-state index is 12.6. The zero-order chi connectivity index (χ0) is 21.1. The zero-order valence-corrected chi connectivity index (χ0v) is 16.7. The molecule has 0 rings (SSSR count). The van der Waals surface area contributed by atoms with Gasteiger partial charge in [0.2, 0.25) is 17.7 Å². The monoisotopic (exact) mass is 385 g/mol. The highest BCUT2D eigenvalue weighted by atomic mass is 16.2. The van der Waals surface area contributed by atoms with Gasteiger partial charge in [-0.2, -0.15) is 0 Å². The lowest BCUT2D eigenvalue weighted by molar-refractivity contribution is -0.132. The van der Waals surface area contributed by atoms with Crippen LogP contribution in [0.2, 0.25) is 0 Å². The molecule has 0 saturated carbocycles. The minimum Gasteiger partial charge on any atom is -0.370 e. The number of guanidine groups is 1. The Kier molecular flexibility index (Phi) is 11.0. The van der Waals surface area contributed by atoms with Crippen molar-refractivity contribution in [2.75, 3.05) is 6.54 Å². The molecular weight excluding hydrogens is 350 g/mol. The average molecular weight is 386 g/mol. The van der Waals surface area contributed by atoms with Crippen LogP contribution in [-0.4, -0.2) is 48.4 Å². The molecule has 0 spiro atoms. The minimum atomic E-state index is -0.881. The molecule has 0 aliphatic heterocycles. The van der Waals surface area contributed by atoms with Gasteiger partial charge in [-0.05, 0) is 31.1 Å². The molecule has 0 radical (unpaired) electrons. The summed E-state index contributed by atoms with van der Waals surface area (Å²) in [5, 5.41) is 14.9. The summed E-state index contributed by atoms with van der Waals surface area (Å²) in [6.45, 7) is 7.86. The Morgan fingerprint density at radius 1 is 1.00 bits per heavy atom. The van der Waals surface area contributed by atoms with Crippen LogP contribution in [0, 0.1) is 17.2 Å². The van der Waals surface area contributed by atoms with Crippen molar-refractivity contribution in [3.8, 4) is 0 Å². The van der Waals surface area contributed by atoms with Crippen molar-refractivity contribution in [3.05, 3.63) is 0 Å². The predicted octanol–water partition coefficient (Wildman–Crippen LogP) is -1.27. The van der Waals surface area contributed by atoms with Gasteiger partial charge in [0.15, 0.2) is 5.96 Å². The first kappa shape index (κ1) is 24.6. The Morgan fingerprint density at radius 2 is 1.59 bits per heavy atom. The average Bonchev–Trinajstić information content (AvgIpc) is 2.53. The van der Waals surface area contributed by atoms with Crippen LogP contribution in [0.5, 0.6) is 0 Å². The number of carbonyl (C=O) groups is 3. The van der Waals surface area contributed by atoms with Crippen LogP contribution in [0.15, 0.2) is 0 Å². The molecule has 27 heavy (non-hydrogen) atoms. The minimum absolute atomic E-state index is 0.171. The Balaban J connectivity index is 4.84. The lowest BCUT2D eigenvalue weighted by Gasteiger charge is -2.26. The van der Waals surface area contributed by atoms with Crippen LogP contribution >= 0.6 is 0 Å². The first-order chi connectivity index (χ1) is 12.5. The molecule has 3 atom stereocenters. The zero-order valence-electron chi connectivity index (χ0n) is 16.7. The van der Waals surface area contributed by atoms with Gasteiger partial charge in [-0.25, -0.2) is 0 Å². The number of amides is 3. The van der Waals surface area contributed by atoms with Gasteiger partial charge >= 0.3 is 0 Å². The molecule has 0 aliphatic carbocycles. The highest BCUT2D eigenvalue weighted by Gasteiger charge is 2.29. The summed E-state index contributed by atoms with van der Waals surface area (Å²) in [5.41, 5.74) is 16.4. The van der Waals surface area contributed by atoms with Gasteiger partial charge in [-0.3, -0.25) is 19.8 Å². The number of primary amides is 1. The van der Waals surface area contributed by atoms with E-state index >= 15 is 0 Å². The Hall–Kier alpha value is -2.36. The van der Waals surface area contributed by atoms with Crippen molar-refractivity contribution < 1.29 is 14.4 Å². The van der Waals surface area contributed by atoms with Crippen molar-refractivity contribution in [2.45, 2.75) is 65.1 Å². The number of nitrogens with two attached hydrogens (primary N) is 3. The molecule has 0 aromatic carbocycles. The van der Waals surface area contributed by atoms with E-state index in [2.05, 4.69) is 16.0 Å². The van der Waals surface area contributed by atoms with E-state index < -0.39 is 35.8 Å². The molecule has 10 heteroatoms. The van der Waals surface area contributed by atoms with Crippen LogP contribution in [0.25, 0.3) is 0 Å². The maximum Gasteiger partial charge on any atom is 0.243 e. The molecule has 0 bridgehead atoms. The van der Waals surface area contributed by atoms with Crippen molar-refractivity contribution in [3.63, 3.8) is 0 Å². The maximum atomic E-state index is 12.6. The third-order valence-corrected chi connectivity index (χ3v) is 3.95. The Morgan fingerprint density at radius 3 is 2.04 bits per heavy atom. The summed E-state index contributed by atoms with van der Waals surface area (Å²) < 4.78 is 0. The van der Waals surface area contributed by atoms with Gasteiger partial charge in [0.25, 0.3) is 0 Å². The van der Waals surface area contributed by atoms with Gasteiger partial charge in [0.1, 0.15) is 12.1 Å². The molecule has 10 nitrogen and oxygen atoms in total. The highest BCUT2D eigenvalue weighted by molar-refractivity contribution is 5.92. The number of hydrogen-bond donors (Lipinski definition) is 7. The summed E-state index contributed by atoms with van der Waals surface area (Å²) >= 11 is 0. The SMILES string of the molecule is CC(C)C[C@H](N)C(=O)N[C@H](C(=O)N[C@@H](CCCNC(=N)N)C(N)=O)C(C)C. The molecule has 0 aliphatic rings. The second kappa shape index (κ2) is 12.1. The van der Waals surface area contributed by atoms with E-state index in [1.165, 1.54) is 0 Å². The van der Waals surface area contributed by atoms with Crippen molar-refractivity contribution in [1.29, 1.82) is 5.41 Å². The van der Waals surface area contributed by atoms with Gasteiger partial charge in [0.05, 0.1) is 6.04 Å². The topological polar surface area (TPSA) is 189 Å². The summed E-state index contributed by atoms with van der Waals surface area (Å²) in [7, 11) is 0. The first-order valence-corrected chi connectivity index (χ1v) is 9.19. The van der Waals surface area contributed by atoms with E-state index in [4.69, 9.17) is 22.6 Å². The van der Waals surface area contributed by atoms with E-state index in [1.54, 1.807) is 13.8 Å². The molecule has 10 N–H and O–H groups in total. The Bertz CT molecular complexity index is 523. The van der Waals surface area contributed by atoms with Crippen molar-refractivity contribution >= 4 is 23.7 Å². The third kappa shape index (κ3) is 10.4. The van der Waals surface area contributed by atoms with Crippen LogP contribution in [0.4, 0.5) is 0 Å². The van der Waals surface area contributed by atoms with Crippen molar-refractivity contribution in [1.82, 2.24) is 16.0 Å². The summed E-state index contributed by atoms with van der Waals surface area (Å²) in [6, 6.07) is -2.41. The lowest BCUT2D eigenvalue weighted by atomic mass is 10.00. The lowest BCUT2D eigenvalue weighted by Crippen LogP contribution is -2.57. The number of hydrogen-bond acceptors (Lipinski definition) is 5. The van der Waals surface area contributed by atoms with Crippen LogP contribution in [0.1, 0.15) is 47.0 Å². The third-order valence-electron chi connectivity index (χ3n) is 3.95. The van der Waals surface area contributed by atoms with Crippen LogP contribution in [0.3, 0.4) is 0 Å². The van der Waals surface area contributed by atoms with E-state index in [-0.39, 0.29) is 24.2 Å². The second-order valence-electron chi connectivity index (χ2n) is 7.41. The fraction of sp³-hybridized carbons (Fsp3) is 0.765. The first-order valence-electron chi connectivity index (χ1n) is 9.19. The normalized spacial score (nSPS) is 14.3. The largest absolute Gasteiger partial charge is 0.370 e. The molecular formula is C17H35N7O3. The molecule has 0 saturated heterocycles.